The number of hydrogen-bond donors (Lipinski definition) is 1. The fourth-order valence-corrected chi connectivity index (χ4v) is 2.41. The third kappa shape index (κ3) is 5.03. The summed E-state index contributed by atoms with van der Waals surface area (Å²) in [5, 5.41) is 13.8. The van der Waals surface area contributed by atoms with E-state index in [2.05, 4.69) is 5.32 Å². The third-order valence-corrected chi connectivity index (χ3v) is 3.55. The molecule has 1 aliphatic rings. The largest absolute Gasteiger partial charge is 0.467 e. The van der Waals surface area contributed by atoms with Gasteiger partial charge in [0.15, 0.2) is 6.79 Å². The van der Waals surface area contributed by atoms with Gasteiger partial charge in [0.1, 0.15) is 5.75 Å². The second-order valence-corrected chi connectivity index (χ2v) is 6.14. The zero-order valence-corrected chi connectivity index (χ0v) is 14.9. The van der Waals surface area contributed by atoms with Crippen molar-refractivity contribution < 1.29 is 24.0 Å². The van der Waals surface area contributed by atoms with Crippen LogP contribution in [0.4, 0.5) is 5.69 Å². The second-order valence-electron chi connectivity index (χ2n) is 6.14. The van der Waals surface area contributed by atoms with Gasteiger partial charge in [0, 0.05) is 42.4 Å². The Balaban J connectivity index is 2.16. The molecule has 2 amide bonds. The lowest BCUT2D eigenvalue weighted by Gasteiger charge is -2.19. The van der Waals surface area contributed by atoms with E-state index in [0.717, 1.165) is 0 Å². The highest BCUT2D eigenvalue weighted by Gasteiger charge is 2.20. The summed E-state index contributed by atoms with van der Waals surface area (Å²) in [4.78, 5) is 35.7. The van der Waals surface area contributed by atoms with Crippen LogP contribution in [0, 0.1) is 10.1 Å². The van der Waals surface area contributed by atoms with Crippen LogP contribution in [-0.4, -0.2) is 48.1 Å². The highest BCUT2D eigenvalue weighted by atomic mass is 16.7. The molecule has 9 heteroatoms. The molecule has 140 valence electrons. The SMILES string of the molecule is CC(C)NC(=O)CN(C)C(=O)/C=C/c1cc([N+](=O)[O-])cc2c1OCOC2. The fraction of sp³-hybridized carbons (Fsp3) is 0.412. The Bertz CT molecular complexity index is 744. The topological polar surface area (TPSA) is 111 Å². The molecule has 0 bridgehead atoms. The van der Waals surface area contributed by atoms with Gasteiger partial charge in [-0.2, -0.15) is 0 Å². The van der Waals surface area contributed by atoms with Crippen molar-refractivity contribution >= 4 is 23.6 Å². The summed E-state index contributed by atoms with van der Waals surface area (Å²) in [6.07, 6.45) is 2.69. The van der Waals surface area contributed by atoms with E-state index < -0.39 is 10.8 Å². The van der Waals surface area contributed by atoms with Crippen molar-refractivity contribution in [2.24, 2.45) is 0 Å². The van der Waals surface area contributed by atoms with Crippen molar-refractivity contribution in [2.75, 3.05) is 20.4 Å². The van der Waals surface area contributed by atoms with Crippen LogP contribution in [0.15, 0.2) is 18.2 Å². The lowest BCUT2D eigenvalue weighted by atomic mass is 10.1. The Morgan fingerprint density at radius 3 is 2.81 bits per heavy atom. The molecule has 0 radical (unpaired) electrons. The summed E-state index contributed by atoms with van der Waals surface area (Å²) in [6.45, 7) is 3.80. The van der Waals surface area contributed by atoms with Gasteiger partial charge in [0.05, 0.1) is 18.1 Å². The van der Waals surface area contributed by atoms with Gasteiger partial charge in [-0.3, -0.25) is 19.7 Å². The molecule has 2 rings (SSSR count). The average molecular weight is 363 g/mol. The molecular weight excluding hydrogens is 342 g/mol. The number of likely N-dealkylation sites (N-methyl/N-ethyl adjacent to an activating group) is 1. The number of nitro benzene ring substituents is 1. The molecule has 1 aromatic rings. The van der Waals surface area contributed by atoms with Gasteiger partial charge >= 0.3 is 0 Å². The number of ether oxygens (including phenoxy) is 2. The van der Waals surface area contributed by atoms with Crippen molar-refractivity contribution in [2.45, 2.75) is 26.5 Å². The summed E-state index contributed by atoms with van der Waals surface area (Å²) < 4.78 is 10.5. The van der Waals surface area contributed by atoms with E-state index in [1.807, 2.05) is 13.8 Å². The maximum absolute atomic E-state index is 12.2. The van der Waals surface area contributed by atoms with E-state index in [-0.39, 0.29) is 37.6 Å². The average Bonchev–Trinajstić information content (AvgIpc) is 2.58. The Morgan fingerprint density at radius 1 is 1.42 bits per heavy atom. The molecule has 0 saturated heterocycles. The Hall–Kier alpha value is -2.94. The fourth-order valence-electron chi connectivity index (χ4n) is 2.41. The van der Waals surface area contributed by atoms with Crippen molar-refractivity contribution in [1.82, 2.24) is 10.2 Å². The van der Waals surface area contributed by atoms with Crippen molar-refractivity contribution in [3.63, 3.8) is 0 Å². The highest BCUT2D eigenvalue weighted by molar-refractivity contribution is 5.94. The molecule has 26 heavy (non-hydrogen) atoms. The number of fused-ring (bicyclic) bond motifs is 1. The number of nitrogens with zero attached hydrogens (tertiary/aromatic N) is 2. The summed E-state index contributed by atoms with van der Waals surface area (Å²) >= 11 is 0. The normalized spacial score (nSPS) is 13.2. The van der Waals surface area contributed by atoms with E-state index in [4.69, 9.17) is 9.47 Å². The minimum absolute atomic E-state index is 0.0164. The number of nitrogens with one attached hydrogen (secondary N) is 1. The first kappa shape index (κ1) is 19.4. The van der Waals surface area contributed by atoms with Crippen LogP contribution in [0.25, 0.3) is 6.08 Å². The van der Waals surface area contributed by atoms with Crippen molar-refractivity contribution in [3.05, 3.63) is 39.4 Å². The molecule has 1 N–H and O–H groups in total. The third-order valence-electron chi connectivity index (χ3n) is 3.55. The monoisotopic (exact) mass is 363 g/mol. The molecule has 1 aromatic carbocycles. The molecule has 1 heterocycles. The maximum Gasteiger partial charge on any atom is 0.270 e. The molecule has 0 aliphatic carbocycles. The summed E-state index contributed by atoms with van der Waals surface area (Å²) in [6, 6.07) is 2.70. The number of carbonyl (C=O) groups excluding carboxylic acids is 2. The predicted octanol–water partition coefficient (Wildman–Crippen LogP) is 1.46. The number of nitro groups is 1. The molecule has 0 spiro atoms. The van der Waals surface area contributed by atoms with Crippen LogP contribution in [0.1, 0.15) is 25.0 Å². The molecule has 0 atom stereocenters. The van der Waals surface area contributed by atoms with Crippen LogP contribution in [0.3, 0.4) is 0 Å². The van der Waals surface area contributed by atoms with Crippen molar-refractivity contribution in [3.8, 4) is 5.75 Å². The highest BCUT2D eigenvalue weighted by Crippen LogP contribution is 2.33. The summed E-state index contributed by atoms with van der Waals surface area (Å²) in [7, 11) is 1.50. The van der Waals surface area contributed by atoms with Gasteiger partial charge in [0.2, 0.25) is 11.8 Å². The minimum atomic E-state index is -0.517. The van der Waals surface area contributed by atoms with Crippen LogP contribution in [0.5, 0.6) is 5.75 Å². The van der Waals surface area contributed by atoms with E-state index >= 15 is 0 Å². The Morgan fingerprint density at radius 2 is 2.15 bits per heavy atom. The van der Waals surface area contributed by atoms with Crippen LogP contribution in [-0.2, 0) is 20.9 Å². The smallest absolute Gasteiger partial charge is 0.270 e. The van der Waals surface area contributed by atoms with E-state index in [1.54, 1.807) is 0 Å². The van der Waals surface area contributed by atoms with Gasteiger partial charge in [-0.1, -0.05) is 0 Å². The number of carbonyl (C=O) groups is 2. The number of benzene rings is 1. The minimum Gasteiger partial charge on any atom is -0.467 e. The van der Waals surface area contributed by atoms with E-state index in [9.17, 15) is 19.7 Å². The lowest BCUT2D eigenvalue weighted by molar-refractivity contribution is -0.385. The number of non-ortho nitro benzene ring substituents is 1. The number of hydrogen-bond acceptors (Lipinski definition) is 6. The molecule has 0 saturated carbocycles. The first-order valence-electron chi connectivity index (χ1n) is 8.02. The van der Waals surface area contributed by atoms with Gasteiger partial charge in [-0.25, -0.2) is 0 Å². The molecule has 1 aliphatic heterocycles. The molecule has 0 aromatic heterocycles. The Labute approximate surface area is 150 Å². The van der Waals surface area contributed by atoms with Gasteiger partial charge in [0.25, 0.3) is 5.69 Å². The van der Waals surface area contributed by atoms with Crippen LogP contribution < -0.4 is 10.1 Å². The second kappa shape index (κ2) is 8.43. The van der Waals surface area contributed by atoms with Gasteiger partial charge in [-0.15, -0.1) is 0 Å². The standard InChI is InChI=1S/C17H21N3O6/c1-11(2)18-15(21)8-19(3)16(22)5-4-12-6-14(20(23)24)7-13-9-25-10-26-17(12)13/h4-7,11H,8-10H2,1-3H3,(H,18,21)/b5-4+. The summed E-state index contributed by atoms with van der Waals surface area (Å²) in [5.74, 6) is -0.222. The first-order chi connectivity index (χ1) is 12.3. The number of amides is 2. The molecule has 0 unspecified atom stereocenters. The van der Waals surface area contributed by atoms with Crippen LogP contribution >= 0.6 is 0 Å². The van der Waals surface area contributed by atoms with Gasteiger partial charge in [-0.05, 0) is 19.9 Å². The number of rotatable bonds is 6. The van der Waals surface area contributed by atoms with Gasteiger partial charge < -0.3 is 19.7 Å². The quantitative estimate of drug-likeness (QED) is 0.465. The lowest BCUT2D eigenvalue weighted by Crippen LogP contribution is -2.40. The zero-order chi connectivity index (χ0) is 19.3. The molecule has 0 fully saturated rings. The first-order valence-corrected chi connectivity index (χ1v) is 8.02. The zero-order valence-electron chi connectivity index (χ0n) is 14.9. The molecular formula is C17H21N3O6. The van der Waals surface area contributed by atoms with Crippen LogP contribution in [0.2, 0.25) is 0 Å². The van der Waals surface area contributed by atoms with E-state index in [1.165, 1.54) is 36.2 Å². The molecule has 9 nitrogen and oxygen atoms in total. The predicted molar refractivity (Wildman–Crippen MR) is 93.3 cm³/mol. The maximum atomic E-state index is 12.2. The summed E-state index contributed by atoms with van der Waals surface area (Å²) in [5.41, 5.74) is 0.836. The van der Waals surface area contributed by atoms with E-state index in [0.29, 0.717) is 16.9 Å². The van der Waals surface area contributed by atoms with Crippen molar-refractivity contribution in [1.29, 1.82) is 0 Å². The Kier molecular flexibility index (Phi) is 6.29.